The zero-order valence-corrected chi connectivity index (χ0v) is 31.9. The number of aromatic nitrogens is 2. The number of ether oxygens (including phenoxy) is 1. The Labute approximate surface area is 306 Å². The molecule has 0 radical (unpaired) electrons. The summed E-state index contributed by atoms with van der Waals surface area (Å²) in [7, 11) is -4.37. The molecule has 0 unspecified atom stereocenters. The van der Waals surface area contributed by atoms with Crippen LogP contribution < -0.4 is 20.1 Å². The molecular weight excluding hydrogens is 746 g/mol. The van der Waals surface area contributed by atoms with Crippen molar-refractivity contribution in [2.45, 2.75) is 49.3 Å². The highest BCUT2D eigenvalue weighted by Crippen LogP contribution is 2.54. The first-order chi connectivity index (χ1) is 21.0. The highest BCUT2D eigenvalue weighted by Gasteiger charge is 2.54. The maximum Gasteiger partial charge on any atom is 0.281 e. The van der Waals surface area contributed by atoms with Crippen LogP contribution in [0.25, 0.3) is 11.3 Å². The number of hydrogen-bond donors (Lipinski definition) is 9. The molecule has 4 rings (SSSR count). The molecule has 0 spiro atoms. The van der Waals surface area contributed by atoms with Crippen LogP contribution >= 0.6 is 88.4 Å². The van der Waals surface area contributed by atoms with Crippen LogP contribution in [0.3, 0.4) is 0 Å². The van der Waals surface area contributed by atoms with Gasteiger partial charge in [0.05, 0.1) is 11.3 Å². The van der Waals surface area contributed by atoms with Crippen LogP contribution in [-0.4, -0.2) is 54.6 Å². The van der Waals surface area contributed by atoms with Crippen molar-refractivity contribution in [2.75, 3.05) is 23.8 Å². The Morgan fingerprint density at radius 3 is 2.28 bits per heavy atom. The molecular formula is C28H34FN5O4S8. The van der Waals surface area contributed by atoms with Gasteiger partial charge >= 0.3 is 0 Å². The van der Waals surface area contributed by atoms with Gasteiger partial charge in [-0.05, 0) is 62.6 Å². The normalized spacial score (nSPS) is 17.2. The molecule has 1 aromatic carbocycles. The van der Waals surface area contributed by atoms with Crippen molar-refractivity contribution in [1.82, 2.24) is 14.7 Å². The molecule has 1 amide bonds. The number of anilines is 2. The lowest BCUT2D eigenvalue weighted by Gasteiger charge is -2.45. The van der Waals surface area contributed by atoms with E-state index in [4.69, 9.17) is 15.5 Å². The van der Waals surface area contributed by atoms with E-state index in [0.29, 0.717) is 17.8 Å². The van der Waals surface area contributed by atoms with E-state index in [1.165, 1.54) is 42.5 Å². The summed E-state index contributed by atoms with van der Waals surface area (Å²) in [6, 6.07) is 11.0. The summed E-state index contributed by atoms with van der Waals surface area (Å²) in [6.07, 6.45) is 0.792. The Morgan fingerprint density at radius 2 is 1.72 bits per heavy atom. The second-order valence-corrected chi connectivity index (χ2v) is 20.3. The molecule has 2 aromatic heterocycles. The summed E-state index contributed by atoms with van der Waals surface area (Å²) in [5, 5.41) is -0.406. The third-order valence-corrected chi connectivity index (χ3v) is 12.8. The molecule has 3 heterocycles. The van der Waals surface area contributed by atoms with E-state index in [0.717, 1.165) is 6.42 Å². The predicted octanol–water partition coefficient (Wildman–Crippen LogP) is 5.54. The molecule has 18 heteroatoms. The molecule has 46 heavy (non-hydrogen) atoms. The molecule has 0 bridgehead atoms. The van der Waals surface area contributed by atoms with Crippen LogP contribution in [0.2, 0.25) is 0 Å². The number of sulfonamides is 1. The van der Waals surface area contributed by atoms with Crippen LogP contribution in [-0.2, 0) is 10.0 Å². The second kappa shape index (κ2) is 13.6. The van der Waals surface area contributed by atoms with E-state index in [1.54, 1.807) is 6.07 Å². The van der Waals surface area contributed by atoms with E-state index in [2.05, 4.69) is 105 Å². The molecule has 250 valence electrons. The quantitative estimate of drug-likeness (QED) is 0.0971. The molecule has 1 aliphatic rings. The first kappa shape index (κ1) is 37.5. The first-order valence-electron chi connectivity index (χ1n) is 13.6. The maximum absolute atomic E-state index is 15.0. The smallest absolute Gasteiger partial charge is 0.281 e. The monoisotopic (exact) mass is 779 g/mol. The fourth-order valence-electron chi connectivity index (χ4n) is 5.16. The van der Waals surface area contributed by atoms with Gasteiger partial charge in [-0.1, -0.05) is 13.0 Å². The average Bonchev–Trinajstić information content (AvgIpc) is 3.20. The van der Waals surface area contributed by atoms with Crippen LogP contribution in [0.15, 0.2) is 53.6 Å². The summed E-state index contributed by atoms with van der Waals surface area (Å²) in [4.78, 5) is 24.1. The number of benzene rings is 1. The maximum atomic E-state index is 15.0. The summed E-state index contributed by atoms with van der Waals surface area (Å²) in [5.41, 5.74) is 5.87. The Morgan fingerprint density at radius 1 is 1.07 bits per heavy atom. The number of nitrogens with two attached hydrogens (primary N) is 1. The van der Waals surface area contributed by atoms with Crippen molar-refractivity contribution < 1.29 is 22.3 Å². The van der Waals surface area contributed by atoms with Gasteiger partial charge in [0.15, 0.2) is 5.03 Å². The van der Waals surface area contributed by atoms with E-state index >= 15 is 0 Å². The number of pyridine rings is 2. The van der Waals surface area contributed by atoms with Gasteiger partial charge in [-0.3, -0.25) is 4.79 Å². The second-order valence-electron chi connectivity index (χ2n) is 11.7. The molecule has 1 atom stereocenters. The molecule has 1 saturated heterocycles. The number of thiol groups is 7. The lowest BCUT2D eigenvalue weighted by atomic mass is 9.97. The van der Waals surface area contributed by atoms with Gasteiger partial charge in [0, 0.05) is 23.7 Å². The van der Waals surface area contributed by atoms with Gasteiger partial charge < -0.3 is 15.4 Å². The van der Waals surface area contributed by atoms with E-state index < -0.39 is 43.9 Å². The average molecular weight is 780 g/mol. The number of nitrogen functional groups attached to an aromatic ring is 1. The number of carbonyl (C=O) groups is 1. The summed E-state index contributed by atoms with van der Waals surface area (Å²) in [6.45, 7) is 6.41. The van der Waals surface area contributed by atoms with Crippen molar-refractivity contribution in [3.05, 3.63) is 59.9 Å². The Kier molecular flexibility index (Phi) is 11.1. The predicted molar refractivity (Wildman–Crippen MR) is 205 cm³/mol. The fraction of sp³-hybridized carbons (Fsp3) is 0.393. The number of nitrogens with zero attached hydrogens (tertiary/aromatic N) is 3. The number of rotatable bonds is 10. The number of halogens is 1. The fourth-order valence-corrected chi connectivity index (χ4v) is 8.36. The lowest BCUT2D eigenvalue weighted by molar-refractivity contribution is 0.0981. The van der Waals surface area contributed by atoms with E-state index in [1.807, 2.05) is 18.7 Å². The third-order valence-electron chi connectivity index (χ3n) is 7.42. The summed E-state index contributed by atoms with van der Waals surface area (Å²) < 4.78 is 44.9. The molecule has 9 nitrogen and oxygen atoms in total. The first-order valence-corrected chi connectivity index (χ1v) is 18.2. The summed E-state index contributed by atoms with van der Waals surface area (Å²) >= 11 is 30.9. The lowest BCUT2D eigenvalue weighted by Crippen LogP contribution is -2.53. The minimum Gasteiger partial charge on any atom is -0.492 e. The van der Waals surface area contributed by atoms with Crippen LogP contribution in [0.4, 0.5) is 16.0 Å². The highest BCUT2D eigenvalue weighted by molar-refractivity contribution is 8.21. The molecule has 1 aliphatic heterocycles. The summed E-state index contributed by atoms with van der Waals surface area (Å²) in [5.74, 6) is -0.951. The number of hydrogen-bond acceptors (Lipinski definition) is 15. The molecule has 3 aromatic rings. The van der Waals surface area contributed by atoms with Crippen LogP contribution in [0.1, 0.15) is 37.6 Å². The van der Waals surface area contributed by atoms with Crippen molar-refractivity contribution in [3.63, 3.8) is 0 Å². The van der Waals surface area contributed by atoms with Gasteiger partial charge in [0.2, 0.25) is 0 Å². The SMILES string of the molecule is C[C@@H]1CN(c2nc(-c3cc(F)cc(OCC(S)(C(S)(S)S)C(S)(S)S)c3)ccc2C(=O)NS(=O)(=O)c2cccc(N)n2)C(C)(C)C1. The van der Waals surface area contributed by atoms with Gasteiger partial charge in [-0.25, -0.2) is 19.1 Å². The Bertz CT molecular complexity index is 1730. The van der Waals surface area contributed by atoms with Gasteiger partial charge in [-0.2, -0.15) is 21.0 Å². The zero-order valence-electron chi connectivity index (χ0n) is 24.8. The van der Waals surface area contributed by atoms with Crippen LogP contribution in [0, 0.1) is 11.7 Å². The minimum atomic E-state index is -4.37. The van der Waals surface area contributed by atoms with Gasteiger partial charge in [0.25, 0.3) is 15.9 Å². The largest absolute Gasteiger partial charge is 0.492 e. The topological polar surface area (TPSA) is 128 Å². The minimum absolute atomic E-state index is 0.00601. The van der Waals surface area contributed by atoms with Crippen LogP contribution in [0.5, 0.6) is 5.75 Å². The molecule has 0 saturated carbocycles. The van der Waals surface area contributed by atoms with Crippen molar-refractivity contribution >= 4 is 116 Å². The van der Waals surface area contributed by atoms with E-state index in [9.17, 15) is 17.6 Å². The zero-order chi connectivity index (χ0) is 34.5. The van der Waals surface area contributed by atoms with E-state index in [-0.39, 0.29) is 35.5 Å². The standard InChI is InChI=1S/C28H34FN5O4S8/c1-15-12-25(2,3)34(13-15)23-19(24(35)33-46(36,37)22-6-4-5-21(30)32-22)7-8-20(31-23)16-9-17(29)11-18(10-16)38-14-26(39,27(40,41)42)28(43,44)45/h4-11,15,39-45H,12-14H2,1-3H3,(H2,30,32)(H,33,35)/t15-/m0/s1. The Balaban J connectivity index is 1.75. The number of carbonyl (C=O) groups excluding carboxylic acids is 1. The number of amides is 1. The molecule has 3 N–H and O–H groups in total. The van der Waals surface area contributed by atoms with Gasteiger partial charge in [-0.15, -0.1) is 75.8 Å². The highest BCUT2D eigenvalue weighted by atomic mass is 32.2. The Hall–Kier alpha value is -1.28. The third kappa shape index (κ3) is 8.12. The number of nitrogens with one attached hydrogen (secondary N) is 1. The van der Waals surface area contributed by atoms with Crippen molar-refractivity contribution in [2.24, 2.45) is 5.92 Å². The molecule has 1 fully saturated rings. The molecule has 0 aliphatic carbocycles. The van der Waals surface area contributed by atoms with Crippen molar-refractivity contribution in [3.8, 4) is 17.0 Å². The van der Waals surface area contributed by atoms with Crippen molar-refractivity contribution in [1.29, 1.82) is 0 Å². The van der Waals surface area contributed by atoms with Gasteiger partial charge in [0.1, 0.15) is 41.4 Å².